The standard InChI is InChI=1S/C17H21N3O/c1-5-18-16-10-13(3)19-11-15(16)17(21)20(4)14-8-6-7-12(2)9-14/h6-11H,5H2,1-4H3,(H,18,19). The Morgan fingerprint density at radius 2 is 2.05 bits per heavy atom. The molecule has 2 aromatic rings. The van der Waals surface area contributed by atoms with Crippen molar-refractivity contribution < 1.29 is 4.79 Å². The molecule has 1 aromatic carbocycles. The summed E-state index contributed by atoms with van der Waals surface area (Å²) in [5.74, 6) is -0.0657. The van der Waals surface area contributed by atoms with E-state index in [1.807, 2.05) is 51.1 Å². The Kier molecular flexibility index (Phi) is 4.58. The van der Waals surface area contributed by atoms with Crippen molar-refractivity contribution in [3.8, 4) is 0 Å². The number of nitrogens with one attached hydrogen (secondary N) is 1. The van der Waals surface area contributed by atoms with Crippen LogP contribution in [0.2, 0.25) is 0 Å². The summed E-state index contributed by atoms with van der Waals surface area (Å²) in [5.41, 5.74) is 4.31. The number of carbonyl (C=O) groups excluding carboxylic acids is 1. The zero-order valence-electron chi connectivity index (χ0n) is 13.0. The summed E-state index contributed by atoms with van der Waals surface area (Å²) in [7, 11) is 1.78. The second-order valence-corrected chi connectivity index (χ2v) is 5.10. The minimum Gasteiger partial charge on any atom is -0.385 e. The minimum atomic E-state index is -0.0657. The molecule has 0 unspecified atom stereocenters. The number of aromatic nitrogens is 1. The summed E-state index contributed by atoms with van der Waals surface area (Å²) in [4.78, 5) is 18.6. The number of carbonyl (C=O) groups is 1. The van der Waals surface area contributed by atoms with E-state index < -0.39 is 0 Å². The van der Waals surface area contributed by atoms with Gasteiger partial charge in [-0.2, -0.15) is 0 Å². The first kappa shape index (κ1) is 15.0. The Bertz CT molecular complexity index is 652. The molecule has 0 bridgehead atoms. The van der Waals surface area contributed by atoms with Gasteiger partial charge >= 0.3 is 0 Å². The van der Waals surface area contributed by atoms with Crippen LogP contribution in [0.5, 0.6) is 0 Å². The summed E-state index contributed by atoms with van der Waals surface area (Å²) in [6.07, 6.45) is 1.64. The van der Waals surface area contributed by atoms with Crippen LogP contribution in [0.25, 0.3) is 0 Å². The fraction of sp³-hybridized carbons (Fsp3) is 0.294. The molecule has 0 aliphatic heterocycles. The van der Waals surface area contributed by atoms with Gasteiger partial charge in [0.2, 0.25) is 0 Å². The highest BCUT2D eigenvalue weighted by Crippen LogP contribution is 2.21. The molecule has 21 heavy (non-hydrogen) atoms. The van der Waals surface area contributed by atoms with Crippen LogP contribution in [0.15, 0.2) is 36.5 Å². The molecule has 0 saturated heterocycles. The molecular formula is C17H21N3O. The van der Waals surface area contributed by atoms with Crippen molar-refractivity contribution in [1.29, 1.82) is 0 Å². The number of nitrogens with zero attached hydrogens (tertiary/aromatic N) is 2. The van der Waals surface area contributed by atoms with Gasteiger partial charge in [0.15, 0.2) is 0 Å². The van der Waals surface area contributed by atoms with E-state index in [2.05, 4.69) is 10.3 Å². The second kappa shape index (κ2) is 6.39. The van der Waals surface area contributed by atoms with Gasteiger partial charge < -0.3 is 10.2 Å². The Morgan fingerprint density at radius 3 is 2.71 bits per heavy atom. The molecule has 1 N–H and O–H groups in total. The van der Waals surface area contributed by atoms with Crippen LogP contribution in [0.4, 0.5) is 11.4 Å². The van der Waals surface area contributed by atoms with Crippen LogP contribution in [-0.4, -0.2) is 24.5 Å². The van der Waals surface area contributed by atoms with Crippen molar-refractivity contribution in [2.24, 2.45) is 0 Å². The largest absolute Gasteiger partial charge is 0.385 e. The van der Waals surface area contributed by atoms with Gasteiger partial charge in [0.1, 0.15) is 0 Å². The van der Waals surface area contributed by atoms with Gasteiger partial charge in [-0.3, -0.25) is 9.78 Å². The zero-order valence-corrected chi connectivity index (χ0v) is 13.0. The van der Waals surface area contributed by atoms with E-state index in [9.17, 15) is 4.79 Å². The quantitative estimate of drug-likeness (QED) is 0.935. The van der Waals surface area contributed by atoms with Crippen LogP contribution in [0, 0.1) is 13.8 Å². The molecular weight excluding hydrogens is 262 g/mol. The first-order valence-electron chi connectivity index (χ1n) is 7.08. The molecule has 0 atom stereocenters. The van der Waals surface area contributed by atoms with Gasteiger partial charge in [0.25, 0.3) is 5.91 Å². The maximum atomic E-state index is 12.7. The summed E-state index contributed by atoms with van der Waals surface area (Å²) in [6.45, 7) is 6.70. The normalized spacial score (nSPS) is 10.3. The maximum Gasteiger partial charge on any atom is 0.261 e. The van der Waals surface area contributed by atoms with Crippen LogP contribution in [0.1, 0.15) is 28.5 Å². The van der Waals surface area contributed by atoms with Crippen LogP contribution in [-0.2, 0) is 0 Å². The fourth-order valence-corrected chi connectivity index (χ4v) is 2.20. The molecule has 0 saturated carbocycles. The number of amides is 1. The highest BCUT2D eigenvalue weighted by molar-refractivity contribution is 6.09. The Balaban J connectivity index is 2.35. The smallest absolute Gasteiger partial charge is 0.261 e. The van der Waals surface area contributed by atoms with E-state index in [1.54, 1.807) is 18.1 Å². The molecule has 1 amide bonds. The van der Waals surface area contributed by atoms with Crippen molar-refractivity contribution in [3.63, 3.8) is 0 Å². The molecule has 0 aliphatic carbocycles. The fourth-order valence-electron chi connectivity index (χ4n) is 2.20. The van der Waals surface area contributed by atoms with Gasteiger partial charge in [-0.1, -0.05) is 12.1 Å². The molecule has 4 heteroatoms. The molecule has 0 radical (unpaired) electrons. The first-order chi connectivity index (χ1) is 10.0. The Labute approximate surface area is 125 Å². The minimum absolute atomic E-state index is 0.0657. The summed E-state index contributed by atoms with van der Waals surface area (Å²) >= 11 is 0. The molecule has 0 fully saturated rings. The lowest BCUT2D eigenvalue weighted by Crippen LogP contribution is -2.27. The lowest BCUT2D eigenvalue weighted by Gasteiger charge is -2.20. The Morgan fingerprint density at radius 1 is 1.29 bits per heavy atom. The van der Waals surface area contributed by atoms with Crippen molar-refractivity contribution in [3.05, 3.63) is 53.3 Å². The van der Waals surface area contributed by atoms with Crippen LogP contribution in [0.3, 0.4) is 0 Å². The zero-order chi connectivity index (χ0) is 15.4. The SMILES string of the molecule is CCNc1cc(C)ncc1C(=O)N(C)c1cccc(C)c1. The summed E-state index contributed by atoms with van der Waals surface area (Å²) < 4.78 is 0. The second-order valence-electron chi connectivity index (χ2n) is 5.10. The monoisotopic (exact) mass is 283 g/mol. The van der Waals surface area contributed by atoms with Crippen LogP contribution >= 0.6 is 0 Å². The predicted molar refractivity (Wildman–Crippen MR) is 87.1 cm³/mol. The lowest BCUT2D eigenvalue weighted by atomic mass is 10.1. The van der Waals surface area contributed by atoms with Crippen LogP contribution < -0.4 is 10.2 Å². The van der Waals surface area contributed by atoms with E-state index in [4.69, 9.17) is 0 Å². The number of hydrogen-bond donors (Lipinski definition) is 1. The molecule has 1 heterocycles. The van der Waals surface area contributed by atoms with Crippen molar-refractivity contribution >= 4 is 17.3 Å². The van der Waals surface area contributed by atoms with Gasteiger partial charge in [-0.15, -0.1) is 0 Å². The van der Waals surface area contributed by atoms with E-state index in [0.29, 0.717) is 5.56 Å². The van der Waals surface area contributed by atoms with Crippen molar-refractivity contribution in [2.75, 3.05) is 23.8 Å². The lowest BCUT2D eigenvalue weighted by molar-refractivity contribution is 0.0993. The van der Waals surface area contributed by atoms with Gasteiger partial charge in [0.05, 0.1) is 11.3 Å². The van der Waals surface area contributed by atoms with E-state index in [0.717, 1.165) is 29.2 Å². The van der Waals surface area contributed by atoms with Gasteiger partial charge in [-0.05, 0) is 44.5 Å². The number of pyridine rings is 1. The third-order valence-electron chi connectivity index (χ3n) is 3.33. The topological polar surface area (TPSA) is 45.2 Å². The molecule has 4 nitrogen and oxygen atoms in total. The third kappa shape index (κ3) is 3.40. The van der Waals surface area contributed by atoms with Gasteiger partial charge in [0, 0.05) is 31.2 Å². The predicted octanol–water partition coefficient (Wildman–Crippen LogP) is 3.41. The number of anilines is 2. The van der Waals surface area contributed by atoms with Crippen molar-refractivity contribution in [1.82, 2.24) is 4.98 Å². The molecule has 0 spiro atoms. The highest BCUT2D eigenvalue weighted by atomic mass is 16.2. The average Bonchev–Trinajstić information content (AvgIpc) is 2.46. The highest BCUT2D eigenvalue weighted by Gasteiger charge is 2.17. The van der Waals surface area contributed by atoms with E-state index in [1.165, 1.54) is 0 Å². The molecule has 1 aromatic heterocycles. The average molecular weight is 283 g/mol. The molecule has 110 valence electrons. The third-order valence-corrected chi connectivity index (χ3v) is 3.33. The number of hydrogen-bond acceptors (Lipinski definition) is 3. The van der Waals surface area contributed by atoms with E-state index >= 15 is 0 Å². The van der Waals surface area contributed by atoms with E-state index in [-0.39, 0.29) is 5.91 Å². The first-order valence-corrected chi connectivity index (χ1v) is 7.08. The maximum absolute atomic E-state index is 12.7. The molecule has 2 rings (SSSR count). The Hall–Kier alpha value is -2.36. The number of aryl methyl sites for hydroxylation is 2. The van der Waals surface area contributed by atoms with Gasteiger partial charge in [-0.25, -0.2) is 0 Å². The number of rotatable bonds is 4. The number of benzene rings is 1. The summed E-state index contributed by atoms with van der Waals surface area (Å²) in [6, 6.07) is 9.79. The molecule has 0 aliphatic rings. The van der Waals surface area contributed by atoms with Crippen molar-refractivity contribution in [2.45, 2.75) is 20.8 Å². The summed E-state index contributed by atoms with van der Waals surface area (Å²) in [5, 5.41) is 3.23.